The van der Waals surface area contributed by atoms with E-state index < -0.39 is 6.04 Å². The van der Waals surface area contributed by atoms with Gasteiger partial charge < -0.3 is 16.0 Å². The van der Waals surface area contributed by atoms with Crippen LogP contribution in [0.3, 0.4) is 0 Å². The Morgan fingerprint density at radius 2 is 1.63 bits per heavy atom. The maximum absolute atomic E-state index is 13.1. The van der Waals surface area contributed by atoms with Gasteiger partial charge in [0.2, 0.25) is 11.8 Å². The minimum absolute atomic E-state index is 0. The van der Waals surface area contributed by atoms with Crippen molar-refractivity contribution in [1.82, 2.24) is 10.2 Å². The number of halogens is 1. The van der Waals surface area contributed by atoms with Crippen molar-refractivity contribution in [2.24, 2.45) is 5.73 Å². The van der Waals surface area contributed by atoms with Gasteiger partial charge in [-0.3, -0.25) is 9.59 Å². The van der Waals surface area contributed by atoms with Gasteiger partial charge in [0.25, 0.3) is 0 Å². The van der Waals surface area contributed by atoms with Gasteiger partial charge in [0, 0.05) is 25.6 Å². The van der Waals surface area contributed by atoms with Gasteiger partial charge in [-0.05, 0) is 35.4 Å². The monoisotopic (exact) mass is 429 g/mol. The number of hydrogen-bond acceptors (Lipinski definition) is 3. The lowest BCUT2D eigenvalue weighted by Gasteiger charge is -2.34. The highest BCUT2D eigenvalue weighted by Crippen LogP contribution is 2.26. The summed E-state index contributed by atoms with van der Waals surface area (Å²) < 4.78 is 0. The number of rotatable bonds is 7. The third kappa shape index (κ3) is 5.83. The van der Waals surface area contributed by atoms with Crippen molar-refractivity contribution in [2.45, 2.75) is 51.1 Å². The second kappa shape index (κ2) is 11.1. The van der Waals surface area contributed by atoms with E-state index in [0.29, 0.717) is 25.4 Å². The molecule has 0 radical (unpaired) electrons. The number of amides is 2. The largest absolute Gasteiger partial charge is 0.352 e. The predicted molar refractivity (Wildman–Crippen MR) is 122 cm³/mol. The molecule has 1 aliphatic heterocycles. The number of nitrogens with two attached hydrogens (primary N) is 1. The maximum Gasteiger partial charge on any atom is 0.247 e. The van der Waals surface area contributed by atoms with Crippen LogP contribution in [0.1, 0.15) is 67.8 Å². The Bertz CT molecular complexity index is 824. The fourth-order valence-electron chi connectivity index (χ4n) is 3.76. The number of nitrogens with one attached hydrogen (secondary N) is 1. The number of carbonyl (C=O) groups is 2. The third-order valence-electron chi connectivity index (χ3n) is 5.56. The van der Waals surface area contributed by atoms with Gasteiger partial charge >= 0.3 is 0 Å². The van der Waals surface area contributed by atoms with Crippen molar-refractivity contribution in [2.75, 3.05) is 13.1 Å². The van der Waals surface area contributed by atoms with E-state index in [1.54, 1.807) is 4.90 Å². The fourth-order valence-corrected chi connectivity index (χ4v) is 3.76. The first-order valence-electron chi connectivity index (χ1n) is 10.4. The van der Waals surface area contributed by atoms with Gasteiger partial charge in [-0.25, -0.2) is 0 Å². The highest BCUT2D eigenvalue weighted by Gasteiger charge is 2.32. The Labute approximate surface area is 185 Å². The van der Waals surface area contributed by atoms with Crippen molar-refractivity contribution in [3.05, 3.63) is 71.3 Å². The van der Waals surface area contributed by atoms with Crippen LogP contribution < -0.4 is 11.1 Å². The van der Waals surface area contributed by atoms with E-state index in [9.17, 15) is 9.59 Å². The van der Waals surface area contributed by atoms with Crippen molar-refractivity contribution in [3.63, 3.8) is 0 Å². The quantitative estimate of drug-likeness (QED) is 0.695. The number of nitrogens with zero attached hydrogens (tertiary/aromatic N) is 1. The smallest absolute Gasteiger partial charge is 0.247 e. The minimum atomic E-state index is -0.612. The van der Waals surface area contributed by atoms with Crippen molar-refractivity contribution in [3.8, 4) is 0 Å². The van der Waals surface area contributed by atoms with Gasteiger partial charge in [-0.2, -0.15) is 0 Å². The number of piperidine rings is 1. The average molecular weight is 430 g/mol. The second-order valence-corrected chi connectivity index (χ2v) is 8.03. The normalized spacial score (nSPS) is 16.0. The van der Waals surface area contributed by atoms with Crippen LogP contribution in [0.25, 0.3) is 0 Å². The number of benzene rings is 2. The Balaban J connectivity index is 0.00000320. The highest BCUT2D eigenvalue weighted by molar-refractivity contribution is 5.89. The lowest BCUT2D eigenvalue weighted by atomic mass is 9.98. The summed E-state index contributed by atoms with van der Waals surface area (Å²) in [5, 5.41) is 2.98. The van der Waals surface area contributed by atoms with E-state index in [4.69, 9.17) is 5.73 Å². The molecule has 0 bridgehead atoms. The molecule has 2 atom stereocenters. The summed E-state index contributed by atoms with van der Waals surface area (Å²) in [6, 6.07) is 16.8. The molecule has 1 saturated heterocycles. The van der Waals surface area contributed by atoms with E-state index in [0.717, 1.165) is 24.0 Å². The molecule has 162 valence electrons. The first kappa shape index (κ1) is 23.9. The summed E-state index contributed by atoms with van der Waals surface area (Å²) in [7, 11) is 0. The van der Waals surface area contributed by atoms with Gasteiger partial charge in [0.05, 0.1) is 0 Å². The van der Waals surface area contributed by atoms with Crippen LogP contribution in [-0.2, 0) is 9.59 Å². The van der Waals surface area contributed by atoms with Crippen molar-refractivity contribution < 1.29 is 9.59 Å². The van der Waals surface area contributed by atoms with Gasteiger partial charge in [-0.15, -0.1) is 12.4 Å². The molecule has 1 heterocycles. The van der Waals surface area contributed by atoms with Crippen LogP contribution in [0.5, 0.6) is 0 Å². The number of hydrogen-bond donors (Lipinski definition) is 2. The molecule has 6 heteroatoms. The molecule has 1 aliphatic rings. The SMILES string of the molecule is CC(C)c1ccc(C(N)CNC(=O)C(c2ccccc2)N2CCCCC2=O)cc1.Cl. The molecule has 2 unspecified atom stereocenters. The minimum Gasteiger partial charge on any atom is -0.352 e. The van der Waals surface area contributed by atoms with Crippen LogP contribution in [0.2, 0.25) is 0 Å². The summed E-state index contributed by atoms with van der Waals surface area (Å²) in [4.78, 5) is 27.3. The highest BCUT2D eigenvalue weighted by atomic mass is 35.5. The van der Waals surface area contributed by atoms with E-state index in [2.05, 4.69) is 31.3 Å². The van der Waals surface area contributed by atoms with Crippen LogP contribution in [0, 0.1) is 0 Å². The Hall–Kier alpha value is -2.37. The van der Waals surface area contributed by atoms with Crippen molar-refractivity contribution >= 4 is 24.2 Å². The first-order chi connectivity index (χ1) is 14.0. The molecule has 0 aromatic heterocycles. The molecule has 2 aromatic carbocycles. The molecule has 0 aliphatic carbocycles. The average Bonchev–Trinajstić information content (AvgIpc) is 2.74. The zero-order chi connectivity index (χ0) is 20.8. The molecule has 30 heavy (non-hydrogen) atoms. The molecule has 1 fully saturated rings. The third-order valence-corrected chi connectivity index (χ3v) is 5.56. The molecule has 0 spiro atoms. The zero-order valence-electron chi connectivity index (χ0n) is 17.7. The molecular weight excluding hydrogens is 398 g/mol. The van der Waals surface area contributed by atoms with Gasteiger partial charge in [0.15, 0.2) is 0 Å². The Morgan fingerprint density at radius 1 is 1.00 bits per heavy atom. The summed E-state index contributed by atoms with van der Waals surface area (Å²) >= 11 is 0. The molecule has 0 saturated carbocycles. The number of carbonyl (C=O) groups excluding carboxylic acids is 2. The van der Waals surface area contributed by atoms with Gasteiger partial charge in [-0.1, -0.05) is 68.4 Å². The lowest BCUT2D eigenvalue weighted by molar-refractivity contribution is -0.142. The lowest BCUT2D eigenvalue weighted by Crippen LogP contribution is -2.46. The molecule has 5 nitrogen and oxygen atoms in total. The molecule has 2 aromatic rings. The van der Waals surface area contributed by atoms with E-state index in [-0.39, 0.29) is 30.3 Å². The van der Waals surface area contributed by atoms with Crippen molar-refractivity contribution in [1.29, 1.82) is 0 Å². The number of likely N-dealkylation sites (tertiary alicyclic amines) is 1. The summed E-state index contributed by atoms with van der Waals surface area (Å²) in [5.41, 5.74) is 9.40. The molecular formula is C24H32ClN3O2. The summed E-state index contributed by atoms with van der Waals surface area (Å²) in [6.45, 7) is 5.24. The second-order valence-electron chi connectivity index (χ2n) is 8.03. The maximum atomic E-state index is 13.1. The Kier molecular flexibility index (Phi) is 8.88. The zero-order valence-corrected chi connectivity index (χ0v) is 18.5. The standard InChI is InChI=1S/C24H31N3O2.ClH/c1-17(2)18-11-13-19(14-12-18)21(25)16-26-24(29)23(20-8-4-3-5-9-20)27-15-7-6-10-22(27)28;/h3-5,8-9,11-14,17,21,23H,6-7,10,15-16,25H2,1-2H3,(H,26,29);1H. The summed E-state index contributed by atoms with van der Waals surface area (Å²) in [6.07, 6.45) is 2.30. The molecule has 3 N–H and O–H groups in total. The Morgan fingerprint density at radius 3 is 2.23 bits per heavy atom. The fraction of sp³-hybridized carbons (Fsp3) is 0.417. The molecule has 2 amide bonds. The molecule has 3 rings (SSSR count). The van der Waals surface area contributed by atoms with E-state index in [1.807, 2.05) is 42.5 Å². The van der Waals surface area contributed by atoms with Crippen LogP contribution in [-0.4, -0.2) is 29.8 Å². The van der Waals surface area contributed by atoms with E-state index >= 15 is 0 Å². The van der Waals surface area contributed by atoms with Gasteiger partial charge in [0.1, 0.15) is 6.04 Å². The predicted octanol–water partition coefficient (Wildman–Crippen LogP) is 4.10. The van der Waals surface area contributed by atoms with Crippen LogP contribution in [0.4, 0.5) is 0 Å². The topological polar surface area (TPSA) is 75.4 Å². The summed E-state index contributed by atoms with van der Waals surface area (Å²) in [5.74, 6) is 0.322. The van der Waals surface area contributed by atoms with Crippen LogP contribution in [0.15, 0.2) is 54.6 Å². The van der Waals surface area contributed by atoms with Crippen LogP contribution >= 0.6 is 12.4 Å². The van der Waals surface area contributed by atoms with E-state index in [1.165, 1.54) is 5.56 Å². The first-order valence-corrected chi connectivity index (χ1v) is 10.4.